The van der Waals surface area contributed by atoms with Crippen LogP contribution in [0, 0.1) is 6.92 Å². The Kier molecular flexibility index (Phi) is 4.23. The van der Waals surface area contributed by atoms with Crippen molar-refractivity contribution in [3.8, 4) is 0 Å². The highest BCUT2D eigenvalue weighted by Gasteiger charge is 2.09. The lowest BCUT2D eigenvalue weighted by molar-refractivity contribution is 0.885. The van der Waals surface area contributed by atoms with Crippen LogP contribution in [0.5, 0.6) is 0 Å². The second-order valence-corrected chi connectivity index (χ2v) is 5.44. The molecule has 0 aliphatic heterocycles. The molecule has 0 radical (unpaired) electrons. The summed E-state index contributed by atoms with van der Waals surface area (Å²) in [5, 5.41) is 4.31. The third-order valence-electron chi connectivity index (χ3n) is 3.04. The summed E-state index contributed by atoms with van der Waals surface area (Å²) in [4.78, 5) is 0. The maximum absolute atomic E-state index is 6.01. The van der Waals surface area contributed by atoms with Crippen molar-refractivity contribution in [2.24, 2.45) is 0 Å². The first kappa shape index (κ1) is 14.0. The summed E-state index contributed by atoms with van der Waals surface area (Å²) < 4.78 is 0. The molecule has 0 saturated carbocycles. The SMILES string of the molecule is Cc1ccc(C(C)Nc2cc(Cl)c(Cl)cc2N)cc1. The molecule has 0 amide bonds. The number of nitrogen functional groups attached to an aromatic ring is 1. The zero-order valence-corrected chi connectivity index (χ0v) is 12.4. The number of rotatable bonds is 3. The molecule has 0 heterocycles. The van der Waals surface area contributed by atoms with E-state index >= 15 is 0 Å². The van der Waals surface area contributed by atoms with Crippen LogP contribution >= 0.6 is 23.2 Å². The Labute approximate surface area is 123 Å². The van der Waals surface area contributed by atoms with Crippen LogP contribution in [-0.2, 0) is 0 Å². The maximum atomic E-state index is 6.01. The van der Waals surface area contributed by atoms with Gasteiger partial charge < -0.3 is 11.1 Å². The third kappa shape index (κ3) is 3.34. The highest BCUT2D eigenvalue weighted by atomic mass is 35.5. The quantitative estimate of drug-likeness (QED) is 0.777. The standard InChI is InChI=1S/C15H16Cl2N2/c1-9-3-5-11(6-4-9)10(2)19-15-8-13(17)12(16)7-14(15)18/h3-8,10,19H,18H2,1-2H3. The van der Waals surface area contributed by atoms with Crippen LogP contribution in [-0.4, -0.2) is 0 Å². The molecule has 0 fully saturated rings. The van der Waals surface area contributed by atoms with E-state index in [1.54, 1.807) is 12.1 Å². The van der Waals surface area contributed by atoms with Crippen molar-refractivity contribution in [3.05, 3.63) is 57.6 Å². The number of hydrogen-bond donors (Lipinski definition) is 2. The first-order valence-corrected chi connectivity index (χ1v) is 6.80. The van der Waals surface area contributed by atoms with Gasteiger partial charge in [-0.05, 0) is 31.5 Å². The van der Waals surface area contributed by atoms with E-state index in [-0.39, 0.29) is 6.04 Å². The summed E-state index contributed by atoms with van der Waals surface area (Å²) in [6, 6.07) is 11.9. The second-order valence-electron chi connectivity index (χ2n) is 4.63. The molecule has 100 valence electrons. The van der Waals surface area contributed by atoms with Crippen LogP contribution in [0.25, 0.3) is 0 Å². The van der Waals surface area contributed by atoms with Gasteiger partial charge in [0.2, 0.25) is 0 Å². The lowest BCUT2D eigenvalue weighted by Gasteiger charge is -2.18. The van der Waals surface area contributed by atoms with E-state index in [4.69, 9.17) is 28.9 Å². The summed E-state index contributed by atoms with van der Waals surface area (Å²) in [6.07, 6.45) is 0. The fourth-order valence-electron chi connectivity index (χ4n) is 1.86. The molecule has 0 spiro atoms. The average molecular weight is 295 g/mol. The first-order chi connectivity index (χ1) is 8.97. The summed E-state index contributed by atoms with van der Waals surface area (Å²) >= 11 is 11.9. The molecule has 4 heteroatoms. The third-order valence-corrected chi connectivity index (χ3v) is 3.76. The van der Waals surface area contributed by atoms with Crippen molar-refractivity contribution in [1.29, 1.82) is 0 Å². The highest BCUT2D eigenvalue weighted by Crippen LogP contribution is 2.32. The van der Waals surface area contributed by atoms with E-state index in [0.29, 0.717) is 15.7 Å². The van der Waals surface area contributed by atoms with Gasteiger partial charge in [-0.1, -0.05) is 53.0 Å². The van der Waals surface area contributed by atoms with Crippen LogP contribution in [0.15, 0.2) is 36.4 Å². The van der Waals surface area contributed by atoms with Gasteiger partial charge in [0.05, 0.1) is 21.4 Å². The normalized spacial score (nSPS) is 12.2. The van der Waals surface area contributed by atoms with E-state index in [9.17, 15) is 0 Å². The maximum Gasteiger partial charge on any atom is 0.0614 e. The lowest BCUT2D eigenvalue weighted by atomic mass is 10.1. The summed E-state index contributed by atoms with van der Waals surface area (Å²) in [5.74, 6) is 0. The zero-order valence-electron chi connectivity index (χ0n) is 10.9. The van der Waals surface area contributed by atoms with Crippen molar-refractivity contribution >= 4 is 34.6 Å². The predicted octanol–water partition coefficient (Wildman–Crippen LogP) is 5.06. The van der Waals surface area contributed by atoms with Crippen molar-refractivity contribution in [2.75, 3.05) is 11.1 Å². The van der Waals surface area contributed by atoms with Gasteiger partial charge in [-0.15, -0.1) is 0 Å². The number of hydrogen-bond acceptors (Lipinski definition) is 2. The van der Waals surface area contributed by atoms with Crippen LogP contribution < -0.4 is 11.1 Å². The van der Waals surface area contributed by atoms with Gasteiger partial charge in [-0.3, -0.25) is 0 Å². The Bertz CT molecular complexity index is 579. The first-order valence-electron chi connectivity index (χ1n) is 6.05. The Hall–Kier alpha value is -1.38. The Balaban J connectivity index is 2.21. The number of benzene rings is 2. The minimum Gasteiger partial charge on any atom is -0.397 e. The summed E-state index contributed by atoms with van der Waals surface area (Å²) in [6.45, 7) is 4.14. The molecular weight excluding hydrogens is 279 g/mol. The van der Waals surface area contributed by atoms with E-state index < -0.39 is 0 Å². The van der Waals surface area contributed by atoms with Crippen molar-refractivity contribution < 1.29 is 0 Å². The molecule has 2 rings (SSSR count). The molecule has 19 heavy (non-hydrogen) atoms. The molecule has 1 unspecified atom stereocenters. The van der Waals surface area contributed by atoms with Crippen LogP contribution in [0.2, 0.25) is 10.0 Å². The van der Waals surface area contributed by atoms with E-state index in [1.165, 1.54) is 11.1 Å². The monoisotopic (exact) mass is 294 g/mol. The predicted molar refractivity (Wildman–Crippen MR) is 84.1 cm³/mol. The van der Waals surface area contributed by atoms with Gasteiger partial charge in [0.25, 0.3) is 0 Å². The Morgan fingerprint density at radius 2 is 1.63 bits per heavy atom. The molecule has 2 aromatic carbocycles. The smallest absolute Gasteiger partial charge is 0.0614 e. The molecule has 1 atom stereocenters. The topological polar surface area (TPSA) is 38.0 Å². The van der Waals surface area contributed by atoms with Gasteiger partial charge in [0, 0.05) is 6.04 Å². The van der Waals surface area contributed by atoms with Crippen LogP contribution in [0.1, 0.15) is 24.1 Å². The van der Waals surface area contributed by atoms with Gasteiger partial charge >= 0.3 is 0 Å². The molecule has 0 aliphatic rings. The molecule has 3 N–H and O–H groups in total. The van der Waals surface area contributed by atoms with Crippen molar-refractivity contribution in [1.82, 2.24) is 0 Å². The number of anilines is 2. The highest BCUT2D eigenvalue weighted by molar-refractivity contribution is 6.42. The lowest BCUT2D eigenvalue weighted by Crippen LogP contribution is -2.08. The Morgan fingerprint density at radius 3 is 2.26 bits per heavy atom. The molecule has 0 aromatic heterocycles. The second kappa shape index (κ2) is 5.72. The molecule has 0 aliphatic carbocycles. The molecular formula is C15H16Cl2N2. The number of halogens is 2. The minimum absolute atomic E-state index is 0.139. The summed E-state index contributed by atoms with van der Waals surface area (Å²) in [7, 11) is 0. The van der Waals surface area contributed by atoms with E-state index in [1.807, 2.05) is 0 Å². The van der Waals surface area contributed by atoms with E-state index in [2.05, 4.69) is 43.4 Å². The van der Waals surface area contributed by atoms with E-state index in [0.717, 1.165) is 5.69 Å². The van der Waals surface area contributed by atoms with Gasteiger partial charge in [0.1, 0.15) is 0 Å². The number of aryl methyl sites for hydroxylation is 1. The summed E-state index contributed by atoms with van der Waals surface area (Å²) in [5.41, 5.74) is 9.75. The number of nitrogens with two attached hydrogens (primary N) is 1. The molecule has 0 bridgehead atoms. The molecule has 0 saturated heterocycles. The largest absolute Gasteiger partial charge is 0.397 e. The van der Waals surface area contributed by atoms with Crippen LogP contribution in [0.4, 0.5) is 11.4 Å². The van der Waals surface area contributed by atoms with Gasteiger partial charge in [-0.2, -0.15) is 0 Å². The van der Waals surface area contributed by atoms with Crippen LogP contribution in [0.3, 0.4) is 0 Å². The van der Waals surface area contributed by atoms with Gasteiger partial charge in [-0.25, -0.2) is 0 Å². The fraction of sp³-hybridized carbons (Fsp3) is 0.200. The van der Waals surface area contributed by atoms with Crippen molar-refractivity contribution in [2.45, 2.75) is 19.9 Å². The van der Waals surface area contributed by atoms with Crippen molar-refractivity contribution in [3.63, 3.8) is 0 Å². The number of nitrogens with one attached hydrogen (secondary N) is 1. The minimum atomic E-state index is 0.139. The Morgan fingerprint density at radius 1 is 1.05 bits per heavy atom. The van der Waals surface area contributed by atoms with Gasteiger partial charge in [0.15, 0.2) is 0 Å². The fourth-order valence-corrected chi connectivity index (χ4v) is 2.19. The molecule has 2 nitrogen and oxygen atoms in total. The zero-order chi connectivity index (χ0) is 14.0. The average Bonchev–Trinajstić information content (AvgIpc) is 2.36. The molecule has 2 aromatic rings.